The number of aromatic nitrogens is 1. The van der Waals surface area contributed by atoms with Crippen LogP contribution in [0.1, 0.15) is 26.3 Å². The summed E-state index contributed by atoms with van der Waals surface area (Å²) in [4.78, 5) is 29.4. The number of benzene rings is 1. The second-order valence-electron chi connectivity index (χ2n) is 7.68. The number of amides is 2. The Kier molecular flexibility index (Phi) is 6.75. The zero-order chi connectivity index (χ0) is 22.1. The number of nitrogens with zero attached hydrogens (tertiary/aromatic N) is 1. The van der Waals surface area contributed by atoms with Crippen molar-refractivity contribution in [2.45, 2.75) is 27.7 Å². The summed E-state index contributed by atoms with van der Waals surface area (Å²) in [5, 5.41) is 6.48. The van der Waals surface area contributed by atoms with Gasteiger partial charge in [-0.1, -0.05) is 78.2 Å². The molecule has 1 saturated carbocycles. The van der Waals surface area contributed by atoms with Gasteiger partial charge in [0.1, 0.15) is 15.2 Å². The van der Waals surface area contributed by atoms with E-state index in [1.807, 2.05) is 45.0 Å². The first kappa shape index (κ1) is 22.6. The van der Waals surface area contributed by atoms with E-state index in [1.165, 1.54) is 11.3 Å². The van der Waals surface area contributed by atoms with Crippen LogP contribution < -0.4 is 10.6 Å². The predicted octanol–water partition coefficient (Wildman–Crippen LogP) is 6.22. The standard InChI is InChI=1S/C21H23Cl2N3O3S/c1-5-29-20(28)26-18-16(12-8-6-11(2)7-9-12)24-19(30-18)25-17(27)15-13(10-14(22)23)21(15,3)4/h6-10,13,15H,5H2,1-4H3,(H,26,28)(H,24,25,27). The van der Waals surface area contributed by atoms with Crippen molar-refractivity contribution in [3.8, 4) is 11.3 Å². The average molecular weight is 468 g/mol. The Bertz CT molecular complexity index is 982. The molecule has 9 heteroatoms. The van der Waals surface area contributed by atoms with Crippen LogP contribution in [0.15, 0.2) is 34.8 Å². The number of carbonyl (C=O) groups is 2. The second-order valence-corrected chi connectivity index (χ2v) is 9.69. The third kappa shape index (κ3) is 4.96. The smallest absolute Gasteiger partial charge is 0.412 e. The van der Waals surface area contributed by atoms with E-state index >= 15 is 0 Å². The molecular weight excluding hydrogens is 445 g/mol. The predicted molar refractivity (Wildman–Crippen MR) is 122 cm³/mol. The third-order valence-electron chi connectivity index (χ3n) is 5.17. The maximum Gasteiger partial charge on any atom is 0.412 e. The summed E-state index contributed by atoms with van der Waals surface area (Å²) in [6.45, 7) is 7.95. The van der Waals surface area contributed by atoms with Crippen molar-refractivity contribution in [1.29, 1.82) is 0 Å². The van der Waals surface area contributed by atoms with E-state index in [1.54, 1.807) is 13.0 Å². The lowest BCUT2D eigenvalue weighted by Crippen LogP contribution is -2.16. The van der Waals surface area contributed by atoms with Crippen molar-refractivity contribution >= 4 is 56.7 Å². The minimum atomic E-state index is -0.572. The maximum absolute atomic E-state index is 12.8. The first-order valence-electron chi connectivity index (χ1n) is 9.48. The molecule has 3 rings (SSSR count). The van der Waals surface area contributed by atoms with Crippen LogP contribution in [-0.2, 0) is 9.53 Å². The molecule has 30 heavy (non-hydrogen) atoms. The molecule has 1 aromatic heterocycles. The molecule has 0 radical (unpaired) electrons. The van der Waals surface area contributed by atoms with Gasteiger partial charge in [-0.2, -0.15) is 0 Å². The lowest BCUT2D eigenvalue weighted by Gasteiger charge is -2.05. The Balaban J connectivity index is 1.85. The molecule has 0 aliphatic heterocycles. The van der Waals surface area contributed by atoms with E-state index < -0.39 is 6.09 Å². The van der Waals surface area contributed by atoms with Crippen LogP contribution in [0.25, 0.3) is 11.3 Å². The first-order valence-corrected chi connectivity index (χ1v) is 11.1. The number of hydrogen-bond donors (Lipinski definition) is 2. The molecule has 1 aliphatic carbocycles. The highest BCUT2D eigenvalue weighted by Gasteiger charge is 2.60. The molecule has 6 nitrogen and oxygen atoms in total. The summed E-state index contributed by atoms with van der Waals surface area (Å²) >= 11 is 12.7. The number of rotatable bonds is 6. The fourth-order valence-corrected chi connectivity index (χ4v) is 4.58. The number of thiazole rings is 1. The van der Waals surface area contributed by atoms with Crippen molar-refractivity contribution in [3.05, 3.63) is 40.4 Å². The number of halogens is 2. The van der Waals surface area contributed by atoms with Crippen LogP contribution in [0.4, 0.5) is 14.9 Å². The molecule has 1 aromatic carbocycles. The lowest BCUT2D eigenvalue weighted by atomic mass is 10.1. The lowest BCUT2D eigenvalue weighted by molar-refractivity contribution is -0.118. The molecule has 160 valence electrons. The topological polar surface area (TPSA) is 80.3 Å². The average Bonchev–Trinajstić information content (AvgIpc) is 2.98. The van der Waals surface area contributed by atoms with E-state index in [2.05, 4.69) is 15.6 Å². The quantitative estimate of drug-likeness (QED) is 0.528. The van der Waals surface area contributed by atoms with E-state index in [4.69, 9.17) is 27.9 Å². The highest BCUT2D eigenvalue weighted by atomic mass is 35.5. The fraction of sp³-hybridized carbons (Fsp3) is 0.381. The highest BCUT2D eigenvalue weighted by molar-refractivity contribution is 7.20. The van der Waals surface area contributed by atoms with E-state index in [-0.39, 0.29) is 34.3 Å². The van der Waals surface area contributed by atoms with Crippen molar-refractivity contribution < 1.29 is 14.3 Å². The van der Waals surface area contributed by atoms with Crippen LogP contribution >= 0.6 is 34.5 Å². The van der Waals surface area contributed by atoms with Gasteiger partial charge < -0.3 is 10.1 Å². The Morgan fingerprint density at radius 1 is 1.23 bits per heavy atom. The number of nitrogens with one attached hydrogen (secondary N) is 2. The zero-order valence-electron chi connectivity index (χ0n) is 17.1. The summed E-state index contributed by atoms with van der Waals surface area (Å²) in [5.41, 5.74) is 2.25. The number of anilines is 2. The Labute approximate surface area is 189 Å². The Morgan fingerprint density at radius 2 is 1.90 bits per heavy atom. The molecule has 0 saturated heterocycles. The maximum atomic E-state index is 12.8. The fourth-order valence-electron chi connectivity index (χ4n) is 3.43. The number of carbonyl (C=O) groups excluding carboxylic acids is 2. The van der Waals surface area contributed by atoms with Gasteiger partial charge in [0.2, 0.25) is 5.91 Å². The largest absolute Gasteiger partial charge is 0.450 e. The number of aryl methyl sites for hydroxylation is 1. The number of allylic oxidation sites excluding steroid dienone is 1. The van der Waals surface area contributed by atoms with E-state index in [0.717, 1.165) is 11.1 Å². The zero-order valence-corrected chi connectivity index (χ0v) is 19.4. The van der Waals surface area contributed by atoms with Crippen LogP contribution in [0, 0.1) is 24.2 Å². The van der Waals surface area contributed by atoms with Gasteiger partial charge in [0.05, 0.1) is 12.5 Å². The van der Waals surface area contributed by atoms with Gasteiger partial charge in [-0.15, -0.1) is 0 Å². The van der Waals surface area contributed by atoms with E-state index in [0.29, 0.717) is 15.8 Å². The SMILES string of the molecule is CCOC(=O)Nc1sc(NC(=O)C2C(C=C(Cl)Cl)C2(C)C)nc1-c1ccc(C)cc1. The normalized spacial score (nSPS) is 19.0. The summed E-state index contributed by atoms with van der Waals surface area (Å²) < 4.78 is 5.14. The number of hydrogen-bond acceptors (Lipinski definition) is 5. The van der Waals surface area contributed by atoms with Gasteiger partial charge in [-0.05, 0) is 31.3 Å². The Hall–Kier alpha value is -2.09. The van der Waals surface area contributed by atoms with Gasteiger partial charge in [0.15, 0.2) is 5.13 Å². The van der Waals surface area contributed by atoms with E-state index in [9.17, 15) is 9.59 Å². The second kappa shape index (κ2) is 8.96. The molecular formula is C21H23Cl2N3O3S. The Morgan fingerprint density at radius 3 is 2.50 bits per heavy atom. The van der Waals surface area contributed by atoms with Crippen molar-refractivity contribution in [2.24, 2.45) is 17.3 Å². The molecule has 1 fully saturated rings. The van der Waals surface area contributed by atoms with Crippen molar-refractivity contribution in [1.82, 2.24) is 4.98 Å². The van der Waals surface area contributed by atoms with Crippen LogP contribution in [0.2, 0.25) is 0 Å². The molecule has 0 spiro atoms. The van der Waals surface area contributed by atoms with Crippen molar-refractivity contribution in [2.75, 3.05) is 17.2 Å². The summed E-state index contributed by atoms with van der Waals surface area (Å²) in [6, 6.07) is 7.75. The third-order valence-corrected chi connectivity index (χ3v) is 6.31. The molecule has 2 aromatic rings. The summed E-state index contributed by atoms with van der Waals surface area (Å²) in [5.74, 6) is -0.475. The molecule has 2 N–H and O–H groups in total. The van der Waals surface area contributed by atoms with Gasteiger partial charge >= 0.3 is 6.09 Å². The minimum absolute atomic E-state index is 0.0452. The van der Waals surface area contributed by atoms with Gasteiger partial charge in [-0.3, -0.25) is 10.1 Å². The van der Waals surface area contributed by atoms with Crippen molar-refractivity contribution in [3.63, 3.8) is 0 Å². The molecule has 2 amide bonds. The first-order chi connectivity index (χ1) is 14.1. The van der Waals surface area contributed by atoms with Crippen LogP contribution in [0.5, 0.6) is 0 Å². The van der Waals surface area contributed by atoms with Gasteiger partial charge in [-0.25, -0.2) is 9.78 Å². The summed E-state index contributed by atoms with van der Waals surface area (Å²) in [6.07, 6.45) is 1.12. The van der Waals surface area contributed by atoms with Gasteiger partial charge in [0.25, 0.3) is 0 Å². The molecule has 2 atom stereocenters. The minimum Gasteiger partial charge on any atom is -0.450 e. The molecule has 1 heterocycles. The summed E-state index contributed by atoms with van der Waals surface area (Å²) in [7, 11) is 0. The van der Waals surface area contributed by atoms with Gasteiger partial charge in [0, 0.05) is 5.56 Å². The number of ether oxygens (including phenoxy) is 1. The molecule has 1 aliphatic rings. The molecule has 2 unspecified atom stereocenters. The van der Waals surface area contributed by atoms with Crippen LogP contribution in [0.3, 0.4) is 0 Å². The molecule has 0 bridgehead atoms. The highest BCUT2D eigenvalue weighted by Crippen LogP contribution is 2.60. The monoisotopic (exact) mass is 467 g/mol. The van der Waals surface area contributed by atoms with Crippen LogP contribution in [-0.4, -0.2) is 23.6 Å².